The molecule has 0 aliphatic carbocycles. The van der Waals surface area contributed by atoms with Gasteiger partial charge >= 0.3 is 5.69 Å². The number of hydrogen-bond donors (Lipinski definition) is 1. The summed E-state index contributed by atoms with van der Waals surface area (Å²) in [6, 6.07) is 9.72. The Balaban J connectivity index is 1.81. The lowest BCUT2D eigenvalue weighted by molar-refractivity contribution is 0.0872. The molecule has 1 aromatic carbocycles. The van der Waals surface area contributed by atoms with E-state index in [0.717, 1.165) is 17.0 Å². The summed E-state index contributed by atoms with van der Waals surface area (Å²) < 4.78 is 11.8. The summed E-state index contributed by atoms with van der Waals surface area (Å²) in [4.78, 5) is 30.9. The van der Waals surface area contributed by atoms with E-state index in [-0.39, 0.29) is 25.3 Å². The summed E-state index contributed by atoms with van der Waals surface area (Å²) in [5.74, 6) is 0.590. The van der Waals surface area contributed by atoms with E-state index in [4.69, 9.17) is 9.84 Å². The Kier molecular flexibility index (Phi) is 6.11. The number of benzene rings is 1. The molecule has 32 heavy (non-hydrogen) atoms. The van der Waals surface area contributed by atoms with Crippen molar-refractivity contribution in [2.45, 2.75) is 26.9 Å². The third-order valence-electron chi connectivity index (χ3n) is 5.72. The molecular formula is C23H27N5O4. The van der Waals surface area contributed by atoms with Crippen molar-refractivity contribution >= 4 is 23.0 Å². The average molecular weight is 438 g/mol. The summed E-state index contributed by atoms with van der Waals surface area (Å²) in [6.45, 7) is 5.21. The SMILES string of the molecule is Cc1c(C)n2c3c(=O)n(CC=Cc4ccccc4)c(=O)n(C)c3nc2n1CCOCCO. The van der Waals surface area contributed by atoms with Crippen molar-refractivity contribution in [3.05, 3.63) is 74.2 Å². The van der Waals surface area contributed by atoms with E-state index in [9.17, 15) is 9.59 Å². The summed E-state index contributed by atoms with van der Waals surface area (Å²) in [6.07, 6.45) is 3.70. The Hall–Kier alpha value is -3.43. The third-order valence-corrected chi connectivity index (χ3v) is 5.72. The van der Waals surface area contributed by atoms with Gasteiger partial charge in [0.1, 0.15) is 0 Å². The molecule has 0 unspecified atom stereocenters. The molecule has 0 radical (unpaired) electrons. The van der Waals surface area contributed by atoms with Crippen molar-refractivity contribution in [1.82, 2.24) is 23.1 Å². The van der Waals surface area contributed by atoms with Gasteiger partial charge in [-0.25, -0.2) is 4.79 Å². The van der Waals surface area contributed by atoms with E-state index in [1.54, 1.807) is 7.05 Å². The first kappa shape index (κ1) is 21.8. The summed E-state index contributed by atoms with van der Waals surface area (Å²) in [5, 5.41) is 8.91. The Labute approximate surface area is 184 Å². The number of nitrogens with zero attached hydrogens (tertiary/aromatic N) is 5. The second kappa shape index (κ2) is 8.97. The van der Waals surface area contributed by atoms with Gasteiger partial charge in [0.15, 0.2) is 11.2 Å². The smallest absolute Gasteiger partial charge is 0.332 e. The maximum absolute atomic E-state index is 13.4. The van der Waals surface area contributed by atoms with Crippen molar-refractivity contribution in [3.8, 4) is 0 Å². The van der Waals surface area contributed by atoms with Gasteiger partial charge in [-0.15, -0.1) is 0 Å². The molecule has 0 bridgehead atoms. The standard InChI is InChI=1S/C23H27N5O4/c1-16-17(2)28-19-20(24-22(28)26(16)12-14-32-15-13-29)25(3)23(31)27(21(19)30)11-7-10-18-8-5-4-6-9-18/h4-10,29H,11-15H2,1-3H3. The molecular weight excluding hydrogens is 410 g/mol. The van der Waals surface area contributed by atoms with Gasteiger partial charge in [-0.2, -0.15) is 4.98 Å². The number of aliphatic hydroxyl groups excluding tert-OH is 1. The van der Waals surface area contributed by atoms with E-state index >= 15 is 0 Å². The summed E-state index contributed by atoms with van der Waals surface area (Å²) in [5.41, 5.74) is 2.80. The van der Waals surface area contributed by atoms with Gasteiger partial charge in [0, 0.05) is 31.5 Å². The van der Waals surface area contributed by atoms with Gasteiger partial charge < -0.3 is 14.4 Å². The molecule has 4 rings (SSSR count). The van der Waals surface area contributed by atoms with Crippen LogP contribution in [0.3, 0.4) is 0 Å². The van der Waals surface area contributed by atoms with Crippen LogP contribution in [0.25, 0.3) is 23.0 Å². The van der Waals surface area contributed by atoms with E-state index in [2.05, 4.69) is 4.98 Å². The summed E-state index contributed by atoms with van der Waals surface area (Å²) >= 11 is 0. The van der Waals surface area contributed by atoms with Crippen molar-refractivity contribution in [1.29, 1.82) is 0 Å². The third kappa shape index (κ3) is 3.69. The highest BCUT2D eigenvalue weighted by atomic mass is 16.5. The monoisotopic (exact) mass is 437 g/mol. The first-order valence-corrected chi connectivity index (χ1v) is 10.5. The lowest BCUT2D eigenvalue weighted by atomic mass is 10.2. The highest BCUT2D eigenvalue weighted by Crippen LogP contribution is 2.20. The fourth-order valence-electron chi connectivity index (χ4n) is 3.92. The topological polar surface area (TPSA) is 95.7 Å². The van der Waals surface area contributed by atoms with Crippen molar-refractivity contribution < 1.29 is 9.84 Å². The highest BCUT2D eigenvalue weighted by molar-refractivity contribution is 5.76. The maximum Gasteiger partial charge on any atom is 0.332 e. The minimum atomic E-state index is -0.409. The van der Waals surface area contributed by atoms with Crippen LogP contribution >= 0.6 is 0 Å². The van der Waals surface area contributed by atoms with Crippen molar-refractivity contribution in [2.24, 2.45) is 7.05 Å². The average Bonchev–Trinajstić information content (AvgIpc) is 3.29. The number of ether oxygens (including phenoxy) is 1. The first-order valence-electron chi connectivity index (χ1n) is 10.5. The second-order valence-electron chi connectivity index (χ2n) is 7.65. The van der Waals surface area contributed by atoms with Crippen LogP contribution in [0.5, 0.6) is 0 Å². The van der Waals surface area contributed by atoms with Crippen LogP contribution < -0.4 is 11.2 Å². The predicted octanol–water partition coefficient (Wildman–Crippen LogP) is 1.49. The van der Waals surface area contributed by atoms with E-state index in [1.165, 1.54) is 9.13 Å². The van der Waals surface area contributed by atoms with Gasteiger partial charge in [0.2, 0.25) is 5.78 Å². The van der Waals surface area contributed by atoms with E-state index in [1.807, 2.05) is 65.3 Å². The van der Waals surface area contributed by atoms with E-state index < -0.39 is 5.69 Å². The van der Waals surface area contributed by atoms with Crippen LogP contribution in [-0.4, -0.2) is 48.0 Å². The zero-order chi connectivity index (χ0) is 22.8. The molecule has 9 heteroatoms. The van der Waals surface area contributed by atoms with Crippen LogP contribution in [0.2, 0.25) is 0 Å². The molecule has 168 valence electrons. The number of aryl methyl sites for hydroxylation is 2. The van der Waals surface area contributed by atoms with Gasteiger partial charge in [0.05, 0.1) is 19.8 Å². The number of imidazole rings is 2. The molecule has 0 atom stereocenters. The zero-order valence-electron chi connectivity index (χ0n) is 18.5. The van der Waals surface area contributed by atoms with Gasteiger partial charge in [-0.3, -0.25) is 18.3 Å². The lowest BCUT2D eigenvalue weighted by Gasteiger charge is -2.07. The molecule has 9 nitrogen and oxygen atoms in total. The number of fused-ring (bicyclic) bond motifs is 3. The molecule has 0 spiro atoms. The van der Waals surface area contributed by atoms with Gasteiger partial charge in [0.25, 0.3) is 5.56 Å². The Morgan fingerprint density at radius 2 is 1.81 bits per heavy atom. The normalized spacial score (nSPS) is 12.0. The Bertz CT molecular complexity index is 1410. The van der Waals surface area contributed by atoms with Crippen LogP contribution in [0.1, 0.15) is 17.0 Å². The molecule has 0 aliphatic rings. The largest absolute Gasteiger partial charge is 0.394 e. The van der Waals surface area contributed by atoms with Crippen LogP contribution in [-0.2, 0) is 24.9 Å². The number of rotatable bonds is 8. The van der Waals surface area contributed by atoms with Gasteiger partial charge in [-0.1, -0.05) is 42.5 Å². The van der Waals surface area contributed by atoms with Crippen molar-refractivity contribution in [3.63, 3.8) is 0 Å². The fourth-order valence-corrected chi connectivity index (χ4v) is 3.92. The molecule has 3 aromatic heterocycles. The molecule has 0 aliphatic heterocycles. The molecule has 1 N–H and O–H groups in total. The second-order valence-corrected chi connectivity index (χ2v) is 7.65. The zero-order valence-corrected chi connectivity index (χ0v) is 18.5. The predicted molar refractivity (Wildman–Crippen MR) is 123 cm³/mol. The molecule has 4 aromatic rings. The molecule has 3 heterocycles. The van der Waals surface area contributed by atoms with Crippen molar-refractivity contribution in [2.75, 3.05) is 19.8 Å². The first-order chi connectivity index (χ1) is 15.5. The quantitative estimate of drug-likeness (QED) is 0.422. The highest BCUT2D eigenvalue weighted by Gasteiger charge is 2.22. The number of allylic oxidation sites excluding steroid dienone is 1. The molecule has 0 amide bonds. The van der Waals surface area contributed by atoms with Crippen LogP contribution in [0.4, 0.5) is 0 Å². The number of aromatic nitrogens is 5. The lowest BCUT2D eigenvalue weighted by Crippen LogP contribution is -2.39. The fraction of sp³-hybridized carbons (Fsp3) is 0.348. The number of aliphatic hydroxyl groups is 1. The van der Waals surface area contributed by atoms with Gasteiger partial charge in [-0.05, 0) is 19.4 Å². The van der Waals surface area contributed by atoms with E-state index in [0.29, 0.717) is 30.1 Å². The number of hydrogen-bond acceptors (Lipinski definition) is 5. The Morgan fingerprint density at radius 1 is 1.06 bits per heavy atom. The molecule has 0 saturated heterocycles. The minimum Gasteiger partial charge on any atom is -0.394 e. The van der Waals surface area contributed by atoms with Crippen LogP contribution in [0, 0.1) is 13.8 Å². The minimum absolute atomic E-state index is 0.0350. The molecule has 0 saturated carbocycles. The molecule has 0 fully saturated rings. The maximum atomic E-state index is 13.4. The summed E-state index contributed by atoms with van der Waals surface area (Å²) in [7, 11) is 1.63. The Morgan fingerprint density at radius 3 is 2.53 bits per heavy atom. The van der Waals surface area contributed by atoms with Crippen LogP contribution in [0.15, 0.2) is 46.0 Å².